The fourth-order valence-electron chi connectivity index (χ4n) is 3.12. The molecule has 0 aromatic carbocycles. The molecule has 20 heavy (non-hydrogen) atoms. The standard InChI is InChI=1S/C14H22N4O2/c1-3-18-8-12(6-15-18)7-17-5-4-14(11-17)10-16(2)13(19)9-20-14/h6,8H,3-5,7,9-11H2,1-2H3. The Morgan fingerprint density at radius 1 is 1.45 bits per heavy atom. The van der Waals surface area contributed by atoms with Crippen molar-refractivity contribution in [1.82, 2.24) is 19.6 Å². The molecule has 0 radical (unpaired) electrons. The van der Waals surface area contributed by atoms with Crippen LogP contribution < -0.4 is 0 Å². The van der Waals surface area contributed by atoms with E-state index < -0.39 is 0 Å². The van der Waals surface area contributed by atoms with Crippen LogP contribution in [-0.2, 0) is 22.6 Å². The monoisotopic (exact) mass is 278 g/mol. The first-order chi connectivity index (χ1) is 9.60. The van der Waals surface area contributed by atoms with Gasteiger partial charge in [0.1, 0.15) is 12.2 Å². The van der Waals surface area contributed by atoms with Crippen LogP contribution >= 0.6 is 0 Å². The van der Waals surface area contributed by atoms with E-state index in [1.807, 2.05) is 17.9 Å². The lowest BCUT2D eigenvalue weighted by molar-refractivity contribution is -0.159. The highest BCUT2D eigenvalue weighted by Gasteiger charge is 2.43. The van der Waals surface area contributed by atoms with Gasteiger partial charge >= 0.3 is 0 Å². The first-order valence-electron chi connectivity index (χ1n) is 7.22. The number of ether oxygens (including phenoxy) is 1. The summed E-state index contributed by atoms with van der Waals surface area (Å²) in [6, 6.07) is 0. The zero-order valence-corrected chi connectivity index (χ0v) is 12.2. The van der Waals surface area contributed by atoms with Crippen molar-refractivity contribution in [3.63, 3.8) is 0 Å². The quantitative estimate of drug-likeness (QED) is 0.800. The molecule has 1 aromatic rings. The predicted molar refractivity (Wildman–Crippen MR) is 74.1 cm³/mol. The van der Waals surface area contributed by atoms with Gasteiger partial charge in [-0.15, -0.1) is 0 Å². The van der Waals surface area contributed by atoms with Gasteiger partial charge in [0.2, 0.25) is 5.91 Å². The number of amides is 1. The van der Waals surface area contributed by atoms with E-state index >= 15 is 0 Å². The summed E-state index contributed by atoms with van der Waals surface area (Å²) in [6.45, 7) is 6.73. The van der Waals surface area contributed by atoms with Gasteiger partial charge in [-0.2, -0.15) is 5.10 Å². The molecule has 2 aliphatic heterocycles. The van der Waals surface area contributed by atoms with Crippen molar-refractivity contribution in [2.45, 2.75) is 32.0 Å². The highest BCUT2D eigenvalue weighted by Crippen LogP contribution is 2.29. The first-order valence-corrected chi connectivity index (χ1v) is 7.22. The van der Waals surface area contributed by atoms with Gasteiger partial charge in [-0.25, -0.2) is 0 Å². The maximum atomic E-state index is 11.5. The lowest BCUT2D eigenvalue weighted by Gasteiger charge is -2.38. The summed E-state index contributed by atoms with van der Waals surface area (Å²) in [5, 5.41) is 4.31. The normalized spacial score (nSPS) is 27.7. The Balaban J connectivity index is 1.60. The zero-order valence-electron chi connectivity index (χ0n) is 12.2. The Hall–Kier alpha value is -1.40. The molecule has 0 aliphatic carbocycles. The Labute approximate surface area is 119 Å². The number of carbonyl (C=O) groups excluding carboxylic acids is 1. The number of nitrogens with zero attached hydrogens (tertiary/aromatic N) is 4. The Kier molecular flexibility index (Phi) is 3.52. The number of carbonyl (C=O) groups is 1. The Bertz CT molecular complexity index is 501. The highest BCUT2D eigenvalue weighted by atomic mass is 16.5. The number of aromatic nitrogens is 2. The van der Waals surface area contributed by atoms with Crippen LogP contribution in [0.3, 0.4) is 0 Å². The van der Waals surface area contributed by atoms with Crippen LogP contribution in [-0.4, -0.2) is 64.4 Å². The molecule has 1 amide bonds. The summed E-state index contributed by atoms with van der Waals surface area (Å²) in [6.07, 6.45) is 5.03. The lowest BCUT2D eigenvalue weighted by Crippen LogP contribution is -2.54. The molecule has 6 nitrogen and oxygen atoms in total. The maximum absolute atomic E-state index is 11.5. The SMILES string of the molecule is CCn1cc(CN2CCC3(C2)CN(C)C(=O)CO3)cn1. The molecule has 6 heteroatoms. The van der Waals surface area contributed by atoms with Crippen LogP contribution in [0.2, 0.25) is 0 Å². The summed E-state index contributed by atoms with van der Waals surface area (Å²) in [7, 11) is 1.86. The topological polar surface area (TPSA) is 50.6 Å². The van der Waals surface area contributed by atoms with Crippen molar-refractivity contribution in [3.05, 3.63) is 18.0 Å². The van der Waals surface area contributed by atoms with Gasteiger partial charge in [0.05, 0.1) is 12.7 Å². The van der Waals surface area contributed by atoms with Crippen molar-refractivity contribution in [3.8, 4) is 0 Å². The summed E-state index contributed by atoms with van der Waals surface area (Å²) in [5.41, 5.74) is 1.08. The molecule has 1 unspecified atom stereocenters. The molecule has 0 bridgehead atoms. The molecule has 3 rings (SSSR count). The largest absolute Gasteiger partial charge is 0.362 e. The summed E-state index contributed by atoms with van der Waals surface area (Å²) >= 11 is 0. The summed E-state index contributed by atoms with van der Waals surface area (Å²) in [4.78, 5) is 15.7. The second-order valence-corrected chi connectivity index (χ2v) is 5.89. The molecule has 1 spiro atoms. The van der Waals surface area contributed by atoms with Crippen molar-refractivity contribution in [2.75, 3.05) is 33.3 Å². The fraction of sp³-hybridized carbons (Fsp3) is 0.714. The van der Waals surface area contributed by atoms with Crippen molar-refractivity contribution in [2.24, 2.45) is 0 Å². The number of morpholine rings is 1. The molecule has 0 N–H and O–H groups in total. The van der Waals surface area contributed by atoms with Crippen LogP contribution in [0.1, 0.15) is 18.9 Å². The van der Waals surface area contributed by atoms with E-state index in [4.69, 9.17) is 4.74 Å². The number of aryl methyl sites for hydroxylation is 1. The first kappa shape index (κ1) is 13.6. The molecule has 3 heterocycles. The van der Waals surface area contributed by atoms with Gasteiger partial charge < -0.3 is 9.64 Å². The molecule has 2 aliphatic rings. The average Bonchev–Trinajstić information content (AvgIpc) is 3.03. The number of hydrogen-bond donors (Lipinski definition) is 0. The van der Waals surface area contributed by atoms with Crippen LogP contribution in [0.25, 0.3) is 0 Å². The van der Waals surface area contributed by atoms with Gasteiger partial charge in [-0.1, -0.05) is 0 Å². The van der Waals surface area contributed by atoms with E-state index in [2.05, 4.69) is 23.1 Å². The molecular formula is C14H22N4O2. The molecule has 1 atom stereocenters. The lowest BCUT2D eigenvalue weighted by atomic mass is 10.0. The van der Waals surface area contributed by atoms with E-state index in [0.717, 1.165) is 32.6 Å². The Morgan fingerprint density at radius 2 is 2.30 bits per heavy atom. The second-order valence-electron chi connectivity index (χ2n) is 5.89. The average molecular weight is 278 g/mol. The van der Waals surface area contributed by atoms with Crippen molar-refractivity contribution >= 4 is 5.91 Å². The minimum Gasteiger partial charge on any atom is -0.362 e. The molecule has 0 saturated carbocycles. The van der Waals surface area contributed by atoms with E-state index in [1.54, 1.807) is 4.90 Å². The van der Waals surface area contributed by atoms with Gasteiger partial charge in [0, 0.05) is 45.0 Å². The van der Waals surface area contributed by atoms with Crippen molar-refractivity contribution in [1.29, 1.82) is 0 Å². The van der Waals surface area contributed by atoms with E-state index in [1.165, 1.54) is 5.56 Å². The van der Waals surface area contributed by atoms with Gasteiger partial charge in [-0.05, 0) is 13.3 Å². The molecule has 1 aromatic heterocycles. The molecule has 2 fully saturated rings. The van der Waals surface area contributed by atoms with Gasteiger partial charge in [-0.3, -0.25) is 14.4 Å². The number of likely N-dealkylation sites (N-methyl/N-ethyl adjacent to an activating group) is 1. The summed E-state index contributed by atoms with van der Waals surface area (Å²) in [5.74, 6) is 0.0818. The third-order valence-electron chi connectivity index (χ3n) is 4.27. The van der Waals surface area contributed by atoms with E-state index in [9.17, 15) is 4.79 Å². The van der Waals surface area contributed by atoms with Crippen LogP contribution in [0.5, 0.6) is 0 Å². The highest BCUT2D eigenvalue weighted by molar-refractivity contribution is 5.78. The maximum Gasteiger partial charge on any atom is 0.248 e. The van der Waals surface area contributed by atoms with Gasteiger partial charge in [0.25, 0.3) is 0 Å². The fourth-order valence-corrected chi connectivity index (χ4v) is 3.12. The number of likely N-dealkylation sites (tertiary alicyclic amines) is 1. The predicted octanol–water partition coefficient (Wildman–Crippen LogP) is 0.336. The second kappa shape index (κ2) is 5.18. The van der Waals surface area contributed by atoms with E-state index in [0.29, 0.717) is 6.54 Å². The third kappa shape index (κ3) is 2.58. The summed E-state index contributed by atoms with van der Waals surface area (Å²) < 4.78 is 7.80. The molecule has 110 valence electrons. The van der Waals surface area contributed by atoms with Crippen molar-refractivity contribution < 1.29 is 9.53 Å². The molecule has 2 saturated heterocycles. The smallest absolute Gasteiger partial charge is 0.248 e. The molecular weight excluding hydrogens is 256 g/mol. The van der Waals surface area contributed by atoms with Crippen LogP contribution in [0.15, 0.2) is 12.4 Å². The Morgan fingerprint density at radius 3 is 3.00 bits per heavy atom. The minimum atomic E-state index is -0.163. The van der Waals surface area contributed by atoms with Crippen LogP contribution in [0.4, 0.5) is 0 Å². The zero-order chi connectivity index (χ0) is 14.2. The number of hydrogen-bond acceptors (Lipinski definition) is 4. The third-order valence-corrected chi connectivity index (χ3v) is 4.27. The minimum absolute atomic E-state index is 0.0818. The van der Waals surface area contributed by atoms with E-state index in [-0.39, 0.29) is 18.1 Å². The van der Waals surface area contributed by atoms with Gasteiger partial charge in [0.15, 0.2) is 0 Å². The van der Waals surface area contributed by atoms with Crippen LogP contribution in [0, 0.1) is 0 Å². The number of rotatable bonds is 3.